The Hall–Kier alpha value is -3.12. The van der Waals surface area contributed by atoms with Crippen LogP contribution in [0.1, 0.15) is 87.0 Å². The van der Waals surface area contributed by atoms with E-state index in [1.165, 1.54) is 22.3 Å². The summed E-state index contributed by atoms with van der Waals surface area (Å²) in [5.74, 6) is -0.558. The molecule has 1 fully saturated rings. The second-order valence-electron chi connectivity index (χ2n) is 12.2. The van der Waals surface area contributed by atoms with Gasteiger partial charge < -0.3 is 5.32 Å². The molecule has 0 aromatic heterocycles. The molecule has 1 aliphatic heterocycles. The summed E-state index contributed by atoms with van der Waals surface area (Å²) in [5, 5.41) is 3.24. The smallest absolute Gasteiger partial charge is 0.264 e. The zero-order chi connectivity index (χ0) is 26.6. The molecule has 3 aromatic carbocycles. The third-order valence-electron chi connectivity index (χ3n) is 7.63. The molecule has 5 nitrogen and oxygen atoms in total. The van der Waals surface area contributed by atoms with Crippen LogP contribution in [0.25, 0.3) is 11.1 Å². The SMILES string of the molecule is CC(C)(C)c1ccc(-c2cccc(C3CC(C)(C)c4cc(C(=O)NS(=O)(=O)C5CC5)ccc4N3)c2)cc1. The first-order valence-corrected chi connectivity index (χ1v) is 14.6. The quantitative estimate of drug-likeness (QED) is 0.395. The minimum atomic E-state index is -3.58. The van der Waals surface area contributed by atoms with E-state index < -0.39 is 21.2 Å². The third kappa shape index (κ3) is 5.30. The van der Waals surface area contributed by atoms with E-state index in [0.29, 0.717) is 18.4 Å². The van der Waals surface area contributed by atoms with Gasteiger partial charge in [0.2, 0.25) is 10.0 Å². The number of fused-ring (bicyclic) bond motifs is 1. The molecule has 0 bridgehead atoms. The predicted octanol–water partition coefficient (Wildman–Crippen LogP) is 6.71. The number of carbonyl (C=O) groups excluding carboxylic acids is 1. The second-order valence-corrected chi connectivity index (χ2v) is 14.1. The zero-order valence-corrected chi connectivity index (χ0v) is 23.1. The fourth-order valence-corrected chi connectivity index (χ4v) is 6.48. The number of hydrogen-bond donors (Lipinski definition) is 2. The average Bonchev–Trinajstić information content (AvgIpc) is 3.69. The molecule has 1 amide bonds. The largest absolute Gasteiger partial charge is 0.378 e. The van der Waals surface area contributed by atoms with E-state index in [1.807, 2.05) is 12.1 Å². The highest BCUT2D eigenvalue weighted by atomic mass is 32.2. The molecule has 0 spiro atoms. The van der Waals surface area contributed by atoms with Crippen molar-refractivity contribution < 1.29 is 13.2 Å². The van der Waals surface area contributed by atoms with Gasteiger partial charge in [0.15, 0.2) is 0 Å². The Morgan fingerprint density at radius 2 is 1.65 bits per heavy atom. The van der Waals surface area contributed by atoms with Crippen LogP contribution >= 0.6 is 0 Å². The van der Waals surface area contributed by atoms with Gasteiger partial charge in [0.05, 0.1) is 11.3 Å². The van der Waals surface area contributed by atoms with Crippen molar-refractivity contribution in [3.05, 3.63) is 89.0 Å². The highest BCUT2D eigenvalue weighted by Gasteiger charge is 2.38. The summed E-state index contributed by atoms with van der Waals surface area (Å²) in [6.07, 6.45) is 2.08. The lowest BCUT2D eigenvalue weighted by atomic mass is 9.73. The van der Waals surface area contributed by atoms with E-state index in [1.54, 1.807) is 6.07 Å². The van der Waals surface area contributed by atoms with Crippen LogP contribution in [0.2, 0.25) is 0 Å². The Labute approximate surface area is 220 Å². The number of carbonyl (C=O) groups is 1. The summed E-state index contributed by atoms with van der Waals surface area (Å²) in [5.41, 5.74) is 7.20. The summed E-state index contributed by atoms with van der Waals surface area (Å²) in [4.78, 5) is 12.7. The van der Waals surface area contributed by atoms with E-state index in [2.05, 4.69) is 93.2 Å². The maximum atomic E-state index is 12.7. The molecule has 0 saturated heterocycles. The standard InChI is InChI=1S/C31H36N2O3S/c1-30(2,3)24-12-9-20(10-13-24)21-7-6-8-22(17-21)28-19-31(4,5)26-18-23(11-16-27(26)32-28)29(34)33-37(35,36)25-14-15-25/h6-13,16-18,25,28,32H,14-15,19H2,1-5H3,(H,33,34). The molecule has 194 valence electrons. The Morgan fingerprint density at radius 3 is 2.30 bits per heavy atom. The zero-order valence-electron chi connectivity index (χ0n) is 22.3. The first kappa shape index (κ1) is 25.5. The first-order valence-electron chi connectivity index (χ1n) is 13.0. The van der Waals surface area contributed by atoms with Crippen molar-refractivity contribution in [2.45, 2.75) is 76.0 Å². The van der Waals surface area contributed by atoms with Gasteiger partial charge in [0.1, 0.15) is 0 Å². The lowest BCUT2D eigenvalue weighted by Crippen LogP contribution is -2.34. The molecular weight excluding hydrogens is 480 g/mol. The van der Waals surface area contributed by atoms with E-state index in [4.69, 9.17) is 0 Å². The van der Waals surface area contributed by atoms with Crippen LogP contribution in [0.3, 0.4) is 0 Å². The Morgan fingerprint density at radius 1 is 0.946 bits per heavy atom. The van der Waals surface area contributed by atoms with Crippen molar-refractivity contribution in [2.24, 2.45) is 0 Å². The number of hydrogen-bond acceptors (Lipinski definition) is 4. The van der Waals surface area contributed by atoms with Gasteiger partial charge in [-0.2, -0.15) is 0 Å². The van der Waals surface area contributed by atoms with Gasteiger partial charge in [-0.3, -0.25) is 4.79 Å². The van der Waals surface area contributed by atoms with Gasteiger partial charge in [-0.1, -0.05) is 77.1 Å². The minimum Gasteiger partial charge on any atom is -0.378 e. The number of sulfonamides is 1. The normalized spacial score (nSPS) is 19.0. The summed E-state index contributed by atoms with van der Waals surface area (Å²) in [6, 6.07) is 23.1. The summed E-state index contributed by atoms with van der Waals surface area (Å²) in [6.45, 7) is 11.0. The van der Waals surface area contributed by atoms with Gasteiger partial charge in [-0.05, 0) is 82.2 Å². The highest BCUT2D eigenvalue weighted by Crippen LogP contribution is 2.45. The number of nitrogens with one attached hydrogen (secondary N) is 2. The molecule has 37 heavy (non-hydrogen) atoms. The van der Waals surface area contributed by atoms with Crippen LogP contribution in [0.15, 0.2) is 66.7 Å². The van der Waals surface area contributed by atoms with Gasteiger partial charge in [-0.15, -0.1) is 0 Å². The molecule has 0 radical (unpaired) electrons. The Bertz CT molecular complexity index is 1450. The van der Waals surface area contributed by atoms with Crippen LogP contribution < -0.4 is 10.0 Å². The lowest BCUT2D eigenvalue weighted by molar-refractivity contribution is 0.0981. The van der Waals surface area contributed by atoms with Crippen molar-refractivity contribution in [1.29, 1.82) is 0 Å². The lowest BCUT2D eigenvalue weighted by Gasteiger charge is -2.39. The number of benzene rings is 3. The van der Waals surface area contributed by atoms with Gasteiger partial charge >= 0.3 is 0 Å². The maximum Gasteiger partial charge on any atom is 0.264 e. The first-order chi connectivity index (χ1) is 17.3. The summed E-state index contributed by atoms with van der Waals surface area (Å²) < 4.78 is 26.7. The number of rotatable bonds is 5. The molecule has 1 heterocycles. The molecule has 5 rings (SSSR count). The Kier molecular flexibility index (Phi) is 6.22. The average molecular weight is 517 g/mol. The van der Waals surface area contributed by atoms with Crippen LogP contribution in [-0.4, -0.2) is 19.6 Å². The minimum absolute atomic E-state index is 0.117. The van der Waals surface area contributed by atoms with Gasteiger partial charge in [0.25, 0.3) is 5.91 Å². The van der Waals surface area contributed by atoms with E-state index in [-0.39, 0.29) is 16.9 Å². The van der Waals surface area contributed by atoms with Gasteiger partial charge in [0, 0.05) is 11.3 Å². The van der Waals surface area contributed by atoms with Crippen LogP contribution in [-0.2, 0) is 20.9 Å². The number of anilines is 1. The van der Waals surface area contributed by atoms with E-state index >= 15 is 0 Å². The van der Waals surface area contributed by atoms with Crippen molar-refractivity contribution in [3.63, 3.8) is 0 Å². The molecule has 3 aromatic rings. The maximum absolute atomic E-state index is 12.7. The second kappa shape index (κ2) is 9.02. The van der Waals surface area contributed by atoms with Crippen molar-refractivity contribution in [2.75, 3.05) is 5.32 Å². The fraction of sp³-hybridized carbons (Fsp3) is 0.387. The fourth-order valence-electron chi connectivity index (χ4n) is 5.18. The topological polar surface area (TPSA) is 75.3 Å². The molecule has 1 unspecified atom stereocenters. The number of amides is 1. The van der Waals surface area contributed by atoms with Crippen molar-refractivity contribution >= 4 is 21.6 Å². The summed E-state index contributed by atoms with van der Waals surface area (Å²) >= 11 is 0. The van der Waals surface area contributed by atoms with Crippen molar-refractivity contribution in [1.82, 2.24) is 4.72 Å². The van der Waals surface area contributed by atoms with Gasteiger partial charge in [-0.25, -0.2) is 13.1 Å². The van der Waals surface area contributed by atoms with Crippen LogP contribution in [0.4, 0.5) is 5.69 Å². The monoisotopic (exact) mass is 516 g/mol. The van der Waals surface area contributed by atoms with Crippen LogP contribution in [0.5, 0.6) is 0 Å². The van der Waals surface area contributed by atoms with Crippen LogP contribution in [0, 0.1) is 0 Å². The third-order valence-corrected chi connectivity index (χ3v) is 9.45. The molecule has 6 heteroatoms. The molecule has 2 N–H and O–H groups in total. The van der Waals surface area contributed by atoms with E-state index in [0.717, 1.165) is 17.7 Å². The molecule has 2 aliphatic rings. The molecule has 1 atom stereocenters. The molecular formula is C31H36N2O3S. The molecule has 1 aliphatic carbocycles. The predicted molar refractivity (Wildman–Crippen MR) is 150 cm³/mol. The molecule has 1 saturated carbocycles. The van der Waals surface area contributed by atoms with Crippen molar-refractivity contribution in [3.8, 4) is 11.1 Å². The van der Waals surface area contributed by atoms with E-state index in [9.17, 15) is 13.2 Å². The summed E-state index contributed by atoms with van der Waals surface area (Å²) in [7, 11) is -3.58. The highest BCUT2D eigenvalue weighted by molar-refractivity contribution is 7.91. The Balaban J connectivity index is 1.38.